The third-order valence-corrected chi connectivity index (χ3v) is 3.07. The van der Waals surface area contributed by atoms with Crippen LogP contribution in [0.4, 0.5) is 0 Å². The Labute approximate surface area is 142 Å². The van der Waals surface area contributed by atoms with Gasteiger partial charge in [-0.15, -0.1) is 0 Å². The van der Waals surface area contributed by atoms with Gasteiger partial charge in [0, 0.05) is 12.6 Å². The predicted molar refractivity (Wildman–Crippen MR) is 92.1 cm³/mol. The zero-order valence-electron chi connectivity index (χ0n) is 14.6. The van der Waals surface area contributed by atoms with E-state index in [9.17, 15) is 9.59 Å². The summed E-state index contributed by atoms with van der Waals surface area (Å²) in [6, 6.07) is 5.36. The summed E-state index contributed by atoms with van der Waals surface area (Å²) in [7, 11) is 1.56. The number of nitrogens with one attached hydrogen (secondary N) is 1. The van der Waals surface area contributed by atoms with Crippen LogP contribution in [0, 0.1) is 0 Å². The average molecular weight is 335 g/mol. The van der Waals surface area contributed by atoms with Crippen LogP contribution in [0.15, 0.2) is 24.3 Å². The van der Waals surface area contributed by atoms with Gasteiger partial charge in [-0.1, -0.05) is 13.0 Å². The Balaban J connectivity index is 2.69. The number of carbonyl (C=O) groups excluding carboxylic acids is 2. The van der Waals surface area contributed by atoms with Gasteiger partial charge in [0.05, 0.1) is 13.7 Å². The summed E-state index contributed by atoms with van der Waals surface area (Å²) in [6.45, 7) is 6.45. The van der Waals surface area contributed by atoms with Gasteiger partial charge in [-0.25, -0.2) is 4.79 Å². The van der Waals surface area contributed by atoms with Gasteiger partial charge in [-0.3, -0.25) is 4.79 Å². The van der Waals surface area contributed by atoms with Crippen molar-refractivity contribution in [1.82, 2.24) is 5.32 Å². The Kier molecular flexibility index (Phi) is 8.39. The van der Waals surface area contributed by atoms with E-state index in [0.717, 1.165) is 12.0 Å². The molecule has 0 saturated heterocycles. The Bertz CT molecular complexity index is 583. The minimum atomic E-state index is -0.832. The summed E-state index contributed by atoms with van der Waals surface area (Å²) in [4.78, 5) is 23.3. The van der Waals surface area contributed by atoms with Crippen LogP contribution in [-0.2, 0) is 14.3 Å². The molecule has 24 heavy (non-hydrogen) atoms. The van der Waals surface area contributed by atoms with Crippen molar-refractivity contribution in [3.63, 3.8) is 0 Å². The van der Waals surface area contributed by atoms with Gasteiger partial charge in [0.1, 0.15) is 0 Å². The lowest BCUT2D eigenvalue weighted by Crippen LogP contribution is -2.35. The molecule has 0 unspecified atom stereocenters. The summed E-state index contributed by atoms with van der Waals surface area (Å²) in [5, 5.41) is 2.59. The maximum Gasteiger partial charge on any atom is 0.331 e. The maximum atomic E-state index is 11.8. The molecule has 0 aliphatic heterocycles. The van der Waals surface area contributed by atoms with Crippen molar-refractivity contribution in [2.24, 2.45) is 0 Å². The number of hydrogen-bond acceptors (Lipinski definition) is 5. The van der Waals surface area contributed by atoms with Gasteiger partial charge in [0.25, 0.3) is 5.91 Å². The highest BCUT2D eigenvalue weighted by Gasteiger charge is 2.15. The fourth-order valence-electron chi connectivity index (χ4n) is 1.87. The molecule has 0 saturated carbocycles. The molecule has 0 radical (unpaired) electrons. The van der Waals surface area contributed by atoms with Gasteiger partial charge >= 0.3 is 5.97 Å². The predicted octanol–water partition coefficient (Wildman–Crippen LogP) is 2.57. The second-order valence-corrected chi connectivity index (χ2v) is 5.07. The topological polar surface area (TPSA) is 73.9 Å². The first kappa shape index (κ1) is 19.5. The van der Waals surface area contributed by atoms with Crippen LogP contribution in [0.1, 0.15) is 32.8 Å². The Morgan fingerprint density at radius 2 is 2.00 bits per heavy atom. The molecular formula is C18H25NO5. The first-order valence-corrected chi connectivity index (χ1v) is 7.99. The molecule has 0 spiro atoms. The largest absolute Gasteiger partial charge is 0.493 e. The molecule has 0 aromatic heterocycles. The number of ether oxygens (including phenoxy) is 3. The Morgan fingerprint density at radius 1 is 1.25 bits per heavy atom. The summed E-state index contributed by atoms with van der Waals surface area (Å²) >= 11 is 0. The SMILES string of the molecule is CCCOc1ccc(/C=C/C(=O)O[C@H](C)C(=O)NCC)cc1OC. The third-order valence-electron chi connectivity index (χ3n) is 3.07. The molecule has 6 nitrogen and oxygen atoms in total. The molecule has 1 N–H and O–H groups in total. The van der Waals surface area contributed by atoms with Crippen LogP contribution in [0.2, 0.25) is 0 Å². The number of likely N-dealkylation sites (N-methyl/N-ethyl adjacent to an activating group) is 1. The van der Waals surface area contributed by atoms with Crippen LogP contribution >= 0.6 is 0 Å². The average Bonchev–Trinajstić information content (AvgIpc) is 2.58. The molecule has 132 valence electrons. The fourth-order valence-corrected chi connectivity index (χ4v) is 1.87. The highest BCUT2D eigenvalue weighted by molar-refractivity contribution is 5.90. The number of benzene rings is 1. The molecule has 6 heteroatoms. The smallest absolute Gasteiger partial charge is 0.331 e. The minimum Gasteiger partial charge on any atom is -0.493 e. The van der Waals surface area contributed by atoms with E-state index in [0.29, 0.717) is 24.7 Å². The second-order valence-electron chi connectivity index (χ2n) is 5.07. The molecular weight excluding hydrogens is 310 g/mol. The molecule has 1 aromatic carbocycles. The van der Waals surface area contributed by atoms with Crippen molar-refractivity contribution in [3.05, 3.63) is 29.8 Å². The van der Waals surface area contributed by atoms with Crippen molar-refractivity contribution in [2.75, 3.05) is 20.3 Å². The lowest BCUT2D eigenvalue weighted by atomic mass is 10.2. The molecule has 0 aliphatic carbocycles. The number of carbonyl (C=O) groups is 2. The fraction of sp³-hybridized carbons (Fsp3) is 0.444. The van der Waals surface area contributed by atoms with E-state index in [1.165, 1.54) is 13.0 Å². The summed E-state index contributed by atoms with van der Waals surface area (Å²) < 4.78 is 15.9. The van der Waals surface area contributed by atoms with Crippen molar-refractivity contribution < 1.29 is 23.8 Å². The summed E-state index contributed by atoms with van der Waals surface area (Å²) in [5.74, 6) is 0.343. The van der Waals surface area contributed by atoms with Crippen LogP contribution in [0.3, 0.4) is 0 Å². The van der Waals surface area contributed by atoms with E-state index in [-0.39, 0.29) is 5.91 Å². The highest BCUT2D eigenvalue weighted by atomic mass is 16.5. The van der Waals surface area contributed by atoms with Crippen LogP contribution < -0.4 is 14.8 Å². The number of hydrogen-bond donors (Lipinski definition) is 1. The van der Waals surface area contributed by atoms with Gasteiger partial charge in [0.2, 0.25) is 0 Å². The van der Waals surface area contributed by atoms with Crippen LogP contribution in [-0.4, -0.2) is 38.2 Å². The summed E-state index contributed by atoms with van der Waals surface area (Å²) in [6.07, 6.45) is 2.94. The normalized spacial score (nSPS) is 11.8. The minimum absolute atomic E-state index is 0.321. The van der Waals surface area contributed by atoms with Gasteiger partial charge < -0.3 is 19.5 Å². The zero-order valence-corrected chi connectivity index (χ0v) is 14.6. The molecule has 0 heterocycles. The lowest BCUT2D eigenvalue weighted by Gasteiger charge is -2.11. The van der Waals surface area contributed by atoms with E-state index in [2.05, 4.69) is 5.32 Å². The first-order valence-electron chi connectivity index (χ1n) is 7.99. The van der Waals surface area contributed by atoms with Crippen molar-refractivity contribution >= 4 is 18.0 Å². The molecule has 0 bridgehead atoms. The molecule has 0 fully saturated rings. The van der Waals surface area contributed by atoms with E-state index in [1.54, 1.807) is 32.2 Å². The molecule has 1 rings (SSSR count). The molecule has 0 aliphatic rings. The van der Waals surface area contributed by atoms with E-state index < -0.39 is 12.1 Å². The molecule has 1 aromatic rings. The lowest BCUT2D eigenvalue weighted by molar-refractivity contribution is -0.150. The second kappa shape index (κ2) is 10.3. The Morgan fingerprint density at radius 3 is 2.62 bits per heavy atom. The quantitative estimate of drug-likeness (QED) is 0.554. The van der Waals surface area contributed by atoms with Gasteiger partial charge in [-0.05, 0) is 44.0 Å². The standard InChI is InChI=1S/C18H25NO5/c1-5-11-23-15-9-7-14(12-16(15)22-4)8-10-17(20)24-13(3)18(21)19-6-2/h7-10,12-13H,5-6,11H2,1-4H3,(H,19,21)/b10-8+/t13-/m1/s1. The number of esters is 1. The zero-order chi connectivity index (χ0) is 17.9. The van der Waals surface area contributed by atoms with E-state index >= 15 is 0 Å². The van der Waals surface area contributed by atoms with Gasteiger partial charge in [-0.2, -0.15) is 0 Å². The van der Waals surface area contributed by atoms with E-state index in [1.807, 2.05) is 13.0 Å². The third kappa shape index (κ3) is 6.32. The van der Waals surface area contributed by atoms with Crippen molar-refractivity contribution in [1.29, 1.82) is 0 Å². The summed E-state index contributed by atoms with van der Waals surface area (Å²) in [5.41, 5.74) is 0.762. The van der Waals surface area contributed by atoms with Crippen molar-refractivity contribution in [3.8, 4) is 11.5 Å². The monoisotopic (exact) mass is 335 g/mol. The van der Waals surface area contributed by atoms with Crippen LogP contribution in [0.25, 0.3) is 6.08 Å². The maximum absolute atomic E-state index is 11.8. The Hall–Kier alpha value is -2.50. The number of amides is 1. The highest BCUT2D eigenvalue weighted by Crippen LogP contribution is 2.28. The first-order chi connectivity index (χ1) is 11.5. The number of rotatable bonds is 9. The molecule has 1 atom stereocenters. The van der Waals surface area contributed by atoms with E-state index in [4.69, 9.17) is 14.2 Å². The number of methoxy groups -OCH3 is 1. The van der Waals surface area contributed by atoms with Crippen LogP contribution in [0.5, 0.6) is 11.5 Å². The van der Waals surface area contributed by atoms with Gasteiger partial charge in [0.15, 0.2) is 17.6 Å². The molecule has 1 amide bonds. The van der Waals surface area contributed by atoms with Crippen molar-refractivity contribution in [2.45, 2.75) is 33.3 Å².